The van der Waals surface area contributed by atoms with Crippen molar-refractivity contribution in [3.63, 3.8) is 0 Å². The molecule has 0 aromatic heterocycles. The largest absolute Gasteiger partial charge is 0.367 e. The summed E-state index contributed by atoms with van der Waals surface area (Å²) in [6.07, 6.45) is 0.953. The van der Waals surface area contributed by atoms with Crippen molar-refractivity contribution in [2.24, 2.45) is 0 Å². The van der Waals surface area contributed by atoms with Crippen molar-refractivity contribution < 1.29 is 9.53 Å². The van der Waals surface area contributed by atoms with Crippen molar-refractivity contribution in [2.75, 3.05) is 11.9 Å². The molecule has 2 rings (SSSR count). The van der Waals surface area contributed by atoms with Crippen LogP contribution >= 0.6 is 0 Å². The van der Waals surface area contributed by atoms with Gasteiger partial charge in [0.15, 0.2) is 0 Å². The average Bonchev–Trinajstić information content (AvgIpc) is 2.62. The van der Waals surface area contributed by atoms with E-state index in [0.717, 1.165) is 17.7 Å². The number of aryl methyl sites for hydroxylation is 1. The molecule has 2 N–H and O–H groups in total. The summed E-state index contributed by atoms with van der Waals surface area (Å²) >= 11 is 0. The highest BCUT2D eigenvalue weighted by Gasteiger charge is 2.03. The fourth-order valence-corrected chi connectivity index (χ4v) is 2.57. The van der Waals surface area contributed by atoms with E-state index < -0.39 is 0 Å². The molecule has 4 nitrogen and oxygen atoms in total. The summed E-state index contributed by atoms with van der Waals surface area (Å²) in [5.41, 5.74) is 3.08. The third-order valence-electron chi connectivity index (χ3n) is 3.63. The second kappa shape index (κ2) is 13.1. The highest BCUT2D eigenvalue weighted by atomic mass is 16.5. The Labute approximate surface area is 164 Å². The minimum atomic E-state index is -0.130. The standard InChI is InChI=1S/C17H19NO2.C6H15N/c1-2-14-9-6-10-16(11-14)18-17(19)13-20-12-15-7-4-3-5-8-15;1-5(2)7-6(3)4/h3-11H,2,12-13H2,1H3,(H,18,19);5-7H,1-4H3. The number of carbonyl (C=O) groups is 1. The number of anilines is 1. The Morgan fingerprint density at radius 3 is 2.11 bits per heavy atom. The number of benzene rings is 2. The zero-order chi connectivity index (χ0) is 20.1. The van der Waals surface area contributed by atoms with Gasteiger partial charge in [0.2, 0.25) is 5.91 Å². The van der Waals surface area contributed by atoms with Crippen LogP contribution < -0.4 is 10.6 Å². The third-order valence-corrected chi connectivity index (χ3v) is 3.63. The van der Waals surface area contributed by atoms with Gasteiger partial charge in [-0.1, -0.05) is 77.1 Å². The molecule has 0 bridgehead atoms. The molecule has 0 saturated heterocycles. The molecule has 0 aliphatic rings. The molecule has 2 aromatic rings. The summed E-state index contributed by atoms with van der Waals surface area (Å²) in [5, 5.41) is 6.14. The predicted molar refractivity (Wildman–Crippen MR) is 114 cm³/mol. The molecule has 0 atom stereocenters. The SMILES string of the molecule is CC(C)NC(C)C.CCc1cccc(NC(=O)COCc2ccccc2)c1. The molecule has 4 heteroatoms. The van der Waals surface area contributed by atoms with Crippen molar-refractivity contribution in [1.82, 2.24) is 5.32 Å². The molecule has 27 heavy (non-hydrogen) atoms. The summed E-state index contributed by atoms with van der Waals surface area (Å²) in [5.74, 6) is -0.130. The summed E-state index contributed by atoms with van der Waals surface area (Å²) in [4.78, 5) is 11.8. The summed E-state index contributed by atoms with van der Waals surface area (Å²) < 4.78 is 5.40. The van der Waals surface area contributed by atoms with E-state index in [1.165, 1.54) is 5.56 Å². The van der Waals surface area contributed by atoms with E-state index in [2.05, 4.69) is 45.3 Å². The lowest BCUT2D eigenvalue weighted by atomic mass is 10.1. The van der Waals surface area contributed by atoms with Gasteiger partial charge in [0.1, 0.15) is 6.61 Å². The topological polar surface area (TPSA) is 50.4 Å². The summed E-state index contributed by atoms with van der Waals surface area (Å²) in [7, 11) is 0. The van der Waals surface area contributed by atoms with Crippen molar-refractivity contribution in [1.29, 1.82) is 0 Å². The predicted octanol–water partition coefficient (Wildman–Crippen LogP) is 4.80. The molecule has 0 heterocycles. The summed E-state index contributed by atoms with van der Waals surface area (Å²) in [6.45, 7) is 11.2. The first-order valence-corrected chi connectivity index (χ1v) is 9.67. The van der Waals surface area contributed by atoms with Crippen molar-refractivity contribution >= 4 is 11.6 Å². The smallest absolute Gasteiger partial charge is 0.250 e. The van der Waals surface area contributed by atoms with Crippen LogP contribution in [0.2, 0.25) is 0 Å². The average molecular weight is 371 g/mol. The zero-order valence-electron chi connectivity index (χ0n) is 17.3. The lowest BCUT2D eigenvalue weighted by Gasteiger charge is -2.10. The number of nitrogens with one attached hydrogen (secondary N) is 2. The van der Waals surface area contributed by atoms with E-state index >= 15 is 0 Å². The number of hydrogen-bond donors (Lipinski definition) is 2. The molecule has 0 saturated carbocycles. The minimum Gasteiger partial charge on any atom is -0.367 e. The van der Waals surface area contributed by atoms with Gasteiger partial charge in [0.05, 0.1) is 6.61 Å². The third kappa shape index (κ3) is 11.2. The molecule has 0 unspecified atom stereocenters. The quantitative estimate of drug-likeness (QED) is 0.702. The molecule has 2 aromatic carbocycles. The first-order valence-electron chi connectivity index (χ1n) is 9.67. The number of amides is 1. The van der Waals surface area contributed by atoms with Gasteiger partial charge in [-0.3, -0.25) is 4.79 Å². The van der Waals surface area contributed by atoms with Gasteiger partial charge in [0.25, 0.3) is 0 Å². The Morgan fingerprint density at radius 1 is 0.926 bits per heavy atom. The lowest BCUT2D eigenvalue weighted by molar-refractivity contribution is -0.121. The van der Waals surface area contributed by atoms with Gasteiger partial charge in [-0.15, -0.1) is 0 Å². The normalized spacial score (nSPS) is 10.5. The monoisotopic (exact) mass is 370 g/mol. The fourth-order valence-electron chi connectivity index (χ4n) is 2.57. The van der Waals surface area contributed by atoms with E-state index in [1.54, 1.807) is 0 Å². The fraction of sp³-hybridized carbons (Fsp3) is 0.435. The Morgan fingerprint density at radius 2 is 1.56 bits per heavy atom. The Hall–Kier alpha value is -2.17. The minimum absolute atomic E-state index is 0.0608. The number of carbonyl (C=O) groups excluding carboxylic acids is 1. The molecule has 1 amide bonds. The molecule has 0 aliphatic carbocycles. The number of ether oxygens (including phenoxy) is 1. The second-order valence-corrected chi connectivity index (χ2v) is 7.06. The van der Waals surface area contributed by atoms with Crippen LogP contribution in [-0.2, 0) is 22.6 Å². The van der Waals surface area contributed by atoms with Gasteiger partial charge in [-0.05, 0) is 29.7 Å². The zero-order valence-corrected chi connectivity index (χ0v) is 17.3. The van der Waals surface area contributed by atoms with E-state index in [1.807, 2.05) is 54.6 Å². The maximum atomic E-state index is 11.8. The van der Waals surface area contributed by atoms with Gasteiger partial charge >= 0.3 is 0 Å². The van der Waals surface area contributed by atoms with Crippen LogP contribution in [0.25, 0.3) is 0 Å². The highest BCUT2D eigenvalue weighted by molar-refractivity contribution is 5.91. The van der Waals surface area contributed by atoms with Crippen molar-refractivity contribution in [3.05, 3.63) is 65.7 Å². The van der Waals surface area contributed by atoms with Gasteiger partial charge < -0.3 is 15.4 Å². The van der Waals surface area contributed by atoms with Crippen LogP contribution in [-0.4, -0.2) is 24.6 Å². The number of hydrogen-bond acceptors (Lipinski definition) is 3. The maximum absolute atomic E-state index is 11.8. The molecule has 0 spiro atoms. The molecular formula is C23H34N2O2. The lowest BCUT2D eigenvalue weighted by Crippen LogP contribution is -2.29. The Kier molecular flexibility index (Phi) is 11.1. The van der Waals surface area contributed by atoms with Crippen molar-refractivity contribution in [2.45, 2.75) is 59.7 Å². The Balaban J connectivity index is 0.000000445. The van der Waals surface area contributed by atoms with Crippen LogP contribution in [0.3, 0.4) is 0 Å². The van der Waals surface area contributed by atoms with E-state index in [0.29, 0.717) is 18.7 Å². The first kappa shape index (κ1) is 22.9. The van der Waals surface area contributed by atoms with Crippen molar-refractivity contribution in [3.8, 4) is 0 Å². The summed E-state index contributed by atoms with van der Waals surface area (Å²) in [6, 6.07) is 18.9. The maximum Gasteiger partial charge on any atom is 0.250 e. The van der Waals surface area contributed by atoms with Crippen LogP contribution in [0.1, 0.15) is 45.7 Å². The van der Waals surface area contributed by atoms with Gasteiger partial charge in [-0.2, -0.15) is 0 Å². The van der Waals surface area contributed by atoms with Gasteiger partial charge in [-0.25, -0.2) is 0 Å². The molecule has 0 radical (unpaired) electrons. The number of rotatable bonds is 8. The van der Waals surface area contributed by atoms with Crippen LogP contribution in [0.4, 0.5) is 5.69 Å². The Bertz CT molecular complexity index is 648. The van der Waals surface area contributed by atoms with E-state index in [-0.39, 0.29) is 12.5 Å². The van der Waals surface area contributed by atoms with Crippen LogP contribution in [0.5, 0.6) is 0 Å². The first-order chi connectivity index (χ1) is 12.9. The second-order valence-electron chi connectivity index (χ2n) is 7.06. The van der Waals surface area contributed by atoms with Crippen LogP contribution in [0, 0.1) is 0 Å². The van der Waals surface area contributed by atoms with E-state index in [4.69, 9.17) is 4.74 Å². The molecular weight excluding hydrogens is 336 g/mol. The van der Waals surface area contributed by atoms with Gasteiger partial charge in [0, 0.05) is 17.8 Å². The highest BCUT2D eigenvalue weighted by Crippen LogP contribution is 2.11. The van der Waals surface area contributed by atoms with Crippen LogP contribution in [0.15, 0.2) is 54.6 Å². The molecule has 148 valence electrons. The van der Waals surface area contributed by atoms with E-state index in [9.17, 15) is 4.79 Å². The molecule has 0 fully saturated rings. The molecule has 0 aliphatic heterocycles.